The maximum Gasteiger partial charge on any atom is 0.278 e. The molecule has 0 bridgehead atoms. The fraction of sp³-hybridized carbons (Fsp3) is 0.450. The minimum Gasteiger partial charge on any atom is -0.346 e. The second-order valence-electron chi connectivity index (χ2n) is 7.33. The number of thiophene rings is 1. The van der Waals surface area contributed by atoms with Crippen molar-refractivity contribution in [2.45, 2.75) is 38.3 Å². The lowest BCUT2D eigenvalue weighted by molar-refractivity contribution is -0.917. The number of rotatable bonds is 6. The quantitative estimate of drug-likeness (QED) is 0.729. The molecule has 0 radical (unpaired) electrons. The predicted molar refractivity (Wildman–Crippen MR) is 111 cm³/mol. The fourth-order valence-corrected chi connectivity index (χ4v) is 5.57. The van der Waals surface area contributed by atoms with Crippen LogP contribution in [0.1, 0.15) is 22.9 Å². The summed E-state index contributed by atoms with van der Waals surface area (Å²) in [6.45, 7) is 8.44. The molecule has 1 saturated heterocycles. The lowest BCUT2D eigenvalue weighted by Gasteiger charge is -2.34. The number of carbonyl (C=O) groups is 1. The van der Waals surface area contributed by atoms with E-state index < -0.39 is 10.0 Å². The number of aryl methyl sites for hydroxylation is 2. The number of sulfonamides is 1. The maximum absolute atomic E-state index is 12.9. The Morgan fingerprint density at radius 3 is 2.54 bits per heavy atom. The van der Waals surface area contributed by atoms with Crippen molar-refractivity contribution in [1.29, 1.82) is 0 Å². The van der Waals surface area contributed by atoms with Crippen LogP contribution >= 0.6 is 11.3 Å². The molecule has 3 rings (SSSR count). The van der Waals surface area contributed by atoms with Gasteiger partial charge >= 0.3 is 0 Å². The number of benzene rings is 1. The highest BCUT2D eigenvalue weighted by Crippen LogP contribution is 2.19. The summed E-state index contributed by atoms with van der Waals surface area (Å²) in [6.07, 6.45) is 0. The predicted octanol–water partition coefficient (Wildman–Crippen LogP) is 0.959. The van der Waals surface area contributed by atoms with Crippen LogP contribution in [0.25, 0.3) is 0 Å². The van der Waals surface area contributed by atoms with Gasteiger partial charge in [0.1, 0.15) is 0 Å². The number of hydrogen-bond donors (Lipinski definition) is 2. The lowest BCUT2D eigenvalue weighted by atomic mass is 10.1. The molecular formula is C20H28N3O3S2+. The first-order valence-electron chi connectivity index (χ1n) is 9.51. The van der Waals surface area contributed by atoms with Crippen molar-refractivity contribution in [1.82, 2.24) is 9.62 Å². The molecule has 6 nitrogen and oxygen atoms in total. The SMILES string of the molecule is Cc1ccc(S(=O)(=O)N2CC[NH+]([C@H](C)C(=O)NCc3cccs3)CC2)cc1C. The second kappa shape index (κ2) is 8.73. The molecule has 1 aromatic heterocycles. The topological polar surface area (TPSA) is 70.9 Å². The summed E-state index contributed by atoms with van der Waals surface area (Å²) < 4.78 is 27.4. The highest BCUT2D eigenvalue weighted by Gasteiger charge is 2.34. The third kappa shape index (κ3) is 4.63. The van der Waals surface area contributed by atoms with Gasteiger partial charge in [0.15, 0.2) is 6.04 Å². The first kappa shape index (κ1) is 21.0. The molecule has 1 fully saturated rings. The number of nitrogens with one attached hydrogen (secondary N) is 2. The zero-order valence-electron chi connectivity index (χ0n) is 16.6. The van der Waals surface area contributed by atoms with Gasteiger partial charge in [-0.05, 0) is 55.5 Å². The minimum atomic E-state index is -3.49. The Labute approximate surface area is 171 Å². The van der Waals surface area contributed by atoms with Crippen LogP contribution in [0.3, 0.4) is 0 Å². The smallest absolute Gasteiger partial charge is 0.278 e. The third-order valence-corrected chi connectivity index (χ3v) is 8.27. The Morgan fingerprint density at radius 2 is 1.93 bits per heavy atom. The van der Waals surface area contributed by atoms with Crippen LogP contribution in [0.5, 0.6) is 0 Å². The van der Waals surface area contributed by atoms with E-state index in [1.54, 1.807) is 23.5 Å². The molecule has 0 unspecified atom stereocenters. The van der Waals surface area contributed by atoms with E-state index in [0.29, 0.717) is 37.6 Å². The van der Waals surface area contributed by atoms with Gasteiger partial charge in [0, 0.05) is 4.88 Å². The van der Waals surface area contributed by atoms with Gasteiger partial charge in [0.2, 0.25) is 10.0 Å². The Kier molecular flexibility index (Phi) is 6.54. The molecule has 1 atom stereocenters. The summed E-state index contributed by atoms with van der Waals surface area (Å²) in [5.41, 5.74) is 2.05. The molecule has 1 aliphatic rings. The average Bonchev–Trinajstić information content (AvgIpc) is 3.21. The van der Waals surface area contributed by atoms with Crippen LogP contribution < -0.4 is 10.2 Å². The average molecular weight is 423 g/mol. The number of quaternary nitrogens is 1. The van der Waals surface area contributed by atoms with Gasteiger partial charge in [-0.15, -0.1) is 11.3 Å². The fourth-order valence-electron chi connectivity index (χ4n) is 3.40. The van der Waals surface area contributed by atoms with Crippen LogP contribution in [-0.2, 0) is 21.4 Å². The maximum atomic E-state index is 12.9. The van der Waals surface area contributed by atoms with Crippen molar-refractivity contribution in [3.63, 3.8) is 0 Å². The Bertz CT molecular complexity index is 918. The number of nitrogens with zero attached hydrogens (tertiary/aromatic N) is 1. The van der Waals surface area contributed by atoms with E-state index in [9.17, 15) is 13.2 Å². The van der Waals surface area contributed by atoms with Crippen molar-refractivity contribution in [2.24, 2.45) is 0 Å². The van der Waals surface area contributed by atoms with Gasteiger partial charge in [-0.25, -0.2) is 8.42 Å². The first-order chi connectivity index (χ1) is 13.3. The number of carbonyl (C=O) groups excluding carboxylic acids is 1. The first-order valence-corrected chi connectivity index (χ1v) is 11.8. The molecule has 1 aliphatic heterocycles. The molecule has 2 aromatic rings. The van der Waals surface area contributed by atoms with E-state index >= 15 is 0 Å². The minimum absolute atomic E-state index is 0.00821. The van der Waals surface area contributed by atoms with Crippen molar-refractivity contribution < 1.29 is 18.1 Å². The van der Waals surface area contributed by atoms with E-state index in [2.05, 4.69) is 5.32 Å². The summed E-state index contributed by atoms with van der Waals surface area (Å²) in [6, 6.07) is 9.03. The van der Waals surface area contributed by atoms with Gasteiger partial charge in [0.25, 0.3) is 5.91 Å². The molecule has 8 heteroatoms. The Balaban J connectivity index is 1.57. The summed E-state index contributed by atoms with van der Waals surface area (Å²) in [4.78, 5) is 15.0. The standard InChI is InChI=1S/C20H27N3O3S2/c1-15-6-7-19(13-16(15)2)28(25,26)23-10-8-22(9-11-23)17(3)20(24)21-14-18-5-4-12-27-18/h4-7,12-13,17H,8-11,14H2,1-3H3,(H,21,24)/p+1/t17-/m1/s1. The van der Waals surface area contributed by atoms with E-state index in [4.69, 9.17) is 0 Å². The number of hydrogen-bond acceptors (Lipinski definition) is 4. The van der Waals surface area contributed by atoms with Gasteiger partial charge in [-0.1, -0.05) is 12.1 Å². The normalized spacial score (nSPS) is 17.4. The zero-order chi connectivity index (χ0) is 20.3. The summed E-state index contributed by atoms with van der Waals surface area (Å²) >= 11 is 1.62. The molecule has 2 heterocycles. The second-order valence-corrected chi connectivity index (χ2v) is 10.3. The van der Waals surface area contributed by atoms with Crippen molar-refractivity contribution in [3.05, 3.63) is 51.7 Å². The molecule has 1 aromatic carbocycles. The molecule has 152 valence electrons. The summed E-state index contributed by atoms with van der Waals surface area (Å²) in [5, 5.41) is 4.97. The largest absolute Gasteiger partial charge is 0.346 e. The van der Waals surface area contributed by atoms with Crippen LogP contribution in [0.15, 0.2) is 40.6 Å². The van der Waals surface area contributed by atoms with E-state index in [1.807, 2.05) is 44.4 Å². The van der Waals surface area contributed by atoms with Crippen LogP contribution in [0.2, 0.25) is 0 Å². The molecular weight excluding hydrogens is 394 g/mol. The van der Waals surface area contributed by atoms with Crippen LogP contribution in [0, 0.1) is 13.8 Å². The molecule has 0 saturated carbocycles. The monoisotopic (exact) mass is 422 g/mol. The van der Waals surface area contributed by atoms with Crippen molar-refractivity contribution in [3.8, 4) is 0 Å². The Hall–Kier alpha value is -1.74. The van der Waals surface area contributed by atoms with Crippen molar-refractivity contribution in [2.75, 3.05) is 26.2 Å². The van der Waals surface area contributed by atoms with E-state index in [0.717, 1.165) is 20.9 Å². The van der Waals surface area contributed by atoms with Gasteiger partial charge in [-0.2, -0.15) is 4.31 Å². The highest BCUT2D eigenvalue weighted by molar-refractivity contribution is 7.89. The lowest BCUT2D eigenvalue weighted by Crippen LogP contribution is -3.19. The number of piperazine rings is 1. The summed E-state index contributed by atoms with van der Waals surface area (Å²) in [5.74, 6) is 0.00821. The third-order valence-electron chi connectivity index (χ3n) is 5.50. The molecule has 0 aliphatic carbocycles. The van der Waals surface area contributed by atoms with E-state index in [-0.39, 0.29) is 11.9 Å². The molecule has 28 heavy (non-hydrogen) atoms. The van der Waals surface area contributed by atoms with Crippen molar-refractivity contribution >= 4 is 27.3 Å². The zero-order valence-corrected chi connectivity index (χ0v) is 18.2. The van der Waals surface area contributed by atoms with E-state index in [1.165, 1.54) is 4.31 Å². The van der Waals surface area contributed by atoms with Crippen LogP contribution in [-0.4, -0.2) is 50.9 Å². The Morgan fingerprint density at radius 1 is 1.21 bits per heavy atom. The molecule has 2 N–H and O–H groups in total. The van der Waals surface area contributed by atoms with Gasteiger partial charge in [0.05, 0.1) is 37.6 Å². The molecule has 0 spiro atoms. The summed E-state index contributed by atoms with van der Waals surface area (Å²) in [7, 11) is -3.49. The molecule has 1 amide bonds. The number of amides is 1. The van der Waals surface area contributed by atoms with Gasteiger partial charge < -0.3 is 10.2 Å². The van der Waals surface area contributed by atoms with Gasteiger partial charge in [-0.3, -0.25) is 4.79 Å². The van der Waals surface area contributed by atoms with Crippen LogP contribution in [0.4, 0.5) is 0 Å². The highest BCUT2D eigenvalue weighted by atomic mass is 32.2.